The van der Waals surface area contributed by atoms with Crippen LogP contribution in [0, 0.1) is 16.0 Å². The summed E-state index contributed by atoms with van der Waals surface area (Å²) < 4.78 is 5.64. The number of likely N-dealkylation sites (tertiary alicyclic amines) is 1. The van der Waals surface area contributed by atoms with Crippen LogP contribution in [-0.4, -0.2) is 36.1 Å². The van der Waals surface area contributed by atoms with Crippen molar-refractivity contribution in [1.29, 1.82) is 0 Å². The monoisotopic (exact) mass is 374 g/mol. The van der Waals surface area contributed by atoms with E-state index in [1.165, 1.54) is 11.6 Å². The van der Waals surface area contributed by atoms with Crippen LogP contribution in [0.5, 0.6) is 5.75 Å². The number of ether oxygens (including phenoxy) is 1. The van der Waals surface area contributed by atoms with Gasteiger partial charge in [-0.25, -0.2) is 0 Å². The standard InChI is InChI=1S/C20H23ClN2O3/c21-18-7-5-16(6-8-18)15-17-9-11-22(12-10-17)13-14-26-20-4-2-1-3-19(20)23(24)25/h1-8,17H,9-15H2. The SMILES string of the molecule is O=[N+]([O-])c1ccccc1OCCN1CCC(Cc2ccc(Cl)cc2)CC1. The highest BCUT2D eigenvalue weighted by Gasteiger charge is 2.20. The maximum absolute atomic E-state index is 11.0. The van der Waals surface area contributed by atoms with Crippen molar-refractivity contribution in [3.05, 3.63) is 69.2 Å². The van der Waals surface area contributed by atoms with E-state index in [2.05, 4.69) is 17.0 Å². The highest BCUT2D eigenvalue weighted by molar-refractivity contribution is 6.30. The summed E-state index contributed by atoms with van der Waals surface area (Å²) in [5.41, 5.74) is 1.36. The van der Waals surface area contributed by atoms with Crippen molar-refractivity contribution >= 4 is 17.3 Å². The van der Waals surface area contributed by atoms with Gasteiger partial charge in [-0.2, -0.15) is 0 Å². The van der Waals surface area contributed by atoms with E-state index in [0.29, 0.717) is 18.3 Å². The van der Waals surface area contributed by atoms with Gasteiger partial charge in [-0.3, -0.25) is 15.0 Å². The van der Waals surface area contributed by atoms with Crippen LogP contribution in [-0.2, 0) is 6.42 Å². The summed E-state index contributed by atoms with van der Waals surface area (Å²) in [4.78, 5) is 13.0. The predicted molar refractivity (Wildman–Crippen MR) is 103 cm³/mol. The van der Waals surface area contributed by atoms with Gasteiger partial charge in [0.25, 0.3) is 0 Å². The summed E-state index contributed by atoms with van der Waals surface area (Å²) in [7, 11) is 0. The summed E-state index contributed by atoms with van der Waals surface area (Å²) in [6.45, 7) is 3.34. The molecule has 5 nitrogen and oxygen atoms in total. The van der Waals surface area contributed by atoms with E-state index in [-0.39, 0.29) is 5.69 Å². The van der Waals surface area contributed by atoms with E-state index < -0.39 is 4.92 Å². The molecular weight excluding hydrogens is 352 g/mol. The molecule has 2 aromatic carbocycles. The van der Waals surface area contributed by atoms with Gasteiger partial charge in [0.05, 0.1) is 4.92 Å². The van der Waals surface area contributed by atoms with Gasteiger partial charge in [0.1, 0.15) is 6.61 Å². The summed E-state index contributed by atoms with van der Waals surface area (Å²) in [5, 5.41) is 11.8. The fourth-order valence-corrected chi connectivity index (χ4v) is 3.51. The highest BCUT2D eigenvalue weighted by atomic mass is 35.5. The first kappa shape index (κ1) is 18.7. The summed E-state index contributed by atoms with van der Waals surface area (Å²) in [6, 6.07) is 14.6. The second kappa shape index (κ2) is 9.01. The number of nitro groups is 1. The van der Waals surface area contributed by atoms with Crippen LogP contribution < -0.4 is 4.74 Å². The molecule has 3 rings (SSSR count). The Hall–Kier alpha value is -2.11. The third-order valence-corrected chi connectivity index (χ3v) is 5.12. The molecule has 0 unspecified atom stereocenters. The van der Waals surface area contributed by atoms with Gasteiger partial charge in [-0.15, -0.1) is 0 Å². The molecule has 0 aliphatic carbocycles. The van der Waals surface area contributed by atoms with Crippen molar-refractivity contribution in [2.45, 2.75) is 19.3 Å². The Kier molecular flexibility index (Phi) is 6.47. The van der Waals surface area contributed by atoms with Crippen LogP contribution >= 0.6 is 11.6 Å². The second-order valence-electron chi connectivity index (χ2n) is 6.69. The topological polar surface area (TPSA) is 55.6 Å². The van der Waals surface area contributed by atoms with Gasteiger partial charge in [-0.05, 0) is 62.0 Å². The molecule has 2 aromatic rings. The van der Waals surface area contributed by atoms with Gasteiger partial charge in [-0.1, -0.05) is 35.9 Å². The van der Waals surface area contributed by atoms with Gasteiger partial charge in [0, 0.05) is 17.6 Å². The molecule has 26 heavy (non-hydrogen) atoms. The molecule has 0 radical (unpaired) electrons. The van der Waals surface area contributed by atoms with Crippen LogP contribution in [0.2, 0.25) is 5.02 Å². The number of para-hydroxylation sites is 2. The number of halogens is 1. The van der Waals surface area contributed by atoms with Crippen LogP contribution in [0.1, 0.15) is 18.4 Å². The number of benzene rings is 2. The molecule has 0 bridgehead atoms. The minimum absolute atomic E-state index is 0.0224. The first-order valence-corrected chi connectivity index (χ1v) is 9.32. The van der Waals surface area contributed by atoms with E-state index in [4.69, 9.17) is 16.3 Å². The lowest BCUT2D eigenvalue weighted by Gasteiger charge is -2.31. The molecule has 1 aliphatic rings. The third kappa shape index (κ3) is 5.19. The molecule has 0 aromatic heterocycles. The first-order chi connectivity index (χ1) is 12.6. The van der Waals surface area contributed by atoms with Crippen molar-refractivity contribution in [3.8, 4) is 5.75 Å². The number of rotatable bonds is 7. The Bertz CT molecular complexity index is 728. The van der Waals surface area contributed by atoms with Crippen molar-refractivity contribution < 1.29 is 9.66 Å². The average molecular weight is 375 g/mol. The lowest BCUT2D eigenvalue weighted by atomic mass is 9.90. The predicted octanol–water partition coefficient (Wildman–Crippen LogP) is 4.58. The average Bonchev–Trinajstić information content (AvgIpc) is 2.65. The number of nitro benzene ring substituents is 1. The minimum atomic E-state index is -0.405. The number of hydrogen-bond acceptors (Lipinski definition) is 4. The quantitative estimate of drug-likeness (QED) is 0.525. The van der Waals surface area contributed by atoms with E-state index >= 15 is 0 Å². The minimum Gasteiger partial charge on any atom is -0.485 e. The lowest BCUT2D eigenvalue weighted by molar-refractivity contribution is -0.385. The normalized spacial score (nSPS) is 15.7. The van der Waals surface area contributed by atoms with Crippen LogP contribution in [0.15, 0.2) is 48.5 Å². The van der Waals surface area contributed by atoms with Gasteiger partial charge >= 0.3 is 5.69 Å². The highest BCUT2D eigenvalue weighted by Crippen LogP contribution is 2.26. The molecule has 6 heteroatoms. The first-order valence-electron chi connectivity index (χ1n) is 8.95. The lowest BCUT2D eigenvalue weighted by Crippen LogP contribution is -2.37. The smallest absolute Gasteiger partial charge is 0.310 e. The number of piperidine rings is 1. The zero-order valence-electron chi connectivity index (χ0n) is 14.6. The van der Waals surface area contributed by atoms with Crippen molar-refractivity contribution in [3.63, 3.8) is 0 Å². The molecule has 1 heterocycles. The third-order valence-electron chi connectivity index (χ3n) is 4.87. The summed E-state index contributed by atoms with van der Waals surface area (Å²) in [6.07, 6.45) is 3.42. The number of nitrogens with zero attached hydrogens (tertiary/aromatic N) is 2. The Labute approximate surface area is 158 Å². The van der Waals surface area contributed by atoms with Crippen molar-refractivity contribution in [1.82, 2.24) is 4.90 Å². The van der Waals surface area contributed by atoms with Crippen LogP contribution in [0.3, 0.4) is 0 Å². The Morgan fingerprint density at radius 2 is 1.81 bits per heavy atom. The molecule has 1 fully saturated rings. The molecule has 0 spiro atoms. The Balaban J connectivity index is 1.40. The van der Waals surface area contributed by atoms with E-state index in [1.54, 1.807) is 18.2 Å². The summed E-state index contributed by atoms with van der Waals surface area (Å²) in [5.74, 6) is 1.04. The Morgan fingerprint density at radius 3 is 2.50 bits per heavy atom. The molecule has 0 amide bonds. The maximum atomic E-state index is 11.0. The molecule has 0 atom stereocenters. The molecular formula is C20H23ClN2O3. The summed E-state index contributed by atoms with van der Waals surface area (Å²) >= 11 is 5.94. The molecule has 138 valence electrons. The second-order valence-corrected chi connectivity index (χ2v) is 7.13. The maximum Gasteiger partial charge on any atom is 0.310 e. The van der Waals surface area contributed by atoms with Crippen LogP contribution in [0.4, 0.5) is 5.69 Å². The molecule has 0 saturated carbocycles. The van der Waals surface area contributed by atoms with Gasteiger partial charge in [0.15, 0.2) is 5.75 Å². The number of hydrogen-bond donors (Lipinski definition) is 0. The fraction of sp³-hybridized carbons (Fsp3) is 0.400. The van der Waals surface area contributed by atoms with Crippen molar-refractivity contribution in [2.75, 3.05) is 26.2 Å². The van der Waals surface area contributed by atoms with E-state index in [0.717, 1.165) is 43.9 Å². The van der Waals surface area contributed by atoms with Crippen LogP contribution in [0.25, 0.3) is 0 Å². The molecule has 1 aliphatic heterocycles. The largest absolute Gasteiger partial charge is 0.485 e. The fourth-order valence-electron chi connectivity index (χ4n) is 3.38. The van der Waals surface area contributed by atoms with E-state index in [9.17, 15) is 10.1 Å². The zero-order chi connectivity index (χ0) is 18.4. The van der Waals surface area contributed by atoms with Gasteiger partial charge in [0.2, 0.25) is 0 Å². The zero-order valence-corrected chi connectivity index (χ0v) is 15.4. The van der Waals surface area contributed by atoms with E-state index in [1.807, 2.05) is 12.1 Å². The molecule has 1 saturated heterocycles. The Morgan fingerprint density at radius 1 is 1.12 bits per heavy atom. The van der Waals surface area contributed by atoms with Crippen molar-refractivity contribution in [2.24, 2.45) is 5.92 Å². The molecule has 0 N–H and O–H groups in total. The van der Waals surface area contributed by atoms with Gasteiger partial charge < -0.3 is 4.74 Å².